The van der Waals surface area contributed by atoms with Crippen molar-refractivity contribution in [3.8, 4) is 0 Å². The Kier molecular flexibility index (Phi) is 5.85. The van der Waals surface area contributed by atoms with Crippen molar-refractivity contribution in [3.63, 3.8) is 0 Å². The zero-order valence-electron chi connectivity index (χ0n) is 17.3. The van der Waals surface area contributed by atoms with E-state index < -0.39 is 46.9 Å². The summed E-state index contributed by atoms with van der Waals surface area (Å²) in [5.41, 5.74) is 3.95. The van der Waals surface area contributed by atoms with Crippen molar-refractivity contribution >= 4 is 17.8 Å². The smallest absolute Gasteiger partial charge is 0.417 e. The number of ether oxygens (including phenoxy) is 1. The molecule has 1 unspecified atom stereocenters. The maximum absolute atomic E-state index is 14.4. The first-order valence-electron chi connectivity index (χ1n) is 10.3. The normalized spacial score (nSPS) is 17.9. The SMILES string of the molecule is NC(=O)C1c2ccc(C(=O)OCC3CC3)cc2CCN1C(=O)c1c(F)cccc1C(F)(F)F. The van der Waals surface area contributed by atoms with E-state index in [1.165, 1.54) is 18.2 Å². The van der Waals surface area contributed by atoms with Crippen molar-refractivity contribution in [3.05, 3.63) is 70.0 Å². The second kappa shape index (κ2) is 8.49. The number of nitrogens with zero attached hydrogens (tertiary/aromatic N) is 1. The number of nitrogens with two attached hydrogens (primary N) is 1. The summed E-state index contributed by atoms with van der Waals surface area (Å²) in [6.45, 7) is 0.137. The fraction of sp³-hybridized carbons (Fsp3) is 0.348. The van der Waals surface area contributed by atoms with Crippen molar-refractivity contribution < 1.29 is 36.7 Å². The third kappa shape index (κ3) is 4.55. The molecule has 0 aromatic heterocycles. The first kappa shape index (κ1) is 22.8. The van der Waals surface area contributed by atoms with E-state index in [1.54, 1.807) is 0 Å². The lowest BCUT2D eigenvalue weighted by Gasteiger charge is -2.36. The van der Waals surface area contributed by atoms with Gasteiger partial charge >= 0.3 is 12.1 Å². The van der Waals surface area contributed by atoms with Gasteiger partial charge in [-0.1, -0.05) is 12.1 Å². The topological polar surface area (TPSA) is 89.7 Å². The van der Waals surface area contributed by atoms with Crippen LogP contribution in [0.1, 0.15) is 56.3 Å². The van der Waals surface area contributed by atoms with Crippen molar-refractivity contribution in [2.24, 2.45) is 11.7 Å². The molecule has 1 saturated carbocycles. The third-order valence-electron chi connectivity index (χ3n) is 5.82. The van der Waals surface area contributed by atoms with Gasteiger partial charge in [0.2, 0.25) is 5.91 Å². The summed E-state index contributed by atoms with van der Waals surface area (Å²) in [7, 11) is 0. The van der Waals surface area contributed by atoms with E-state index in [1.807, 2.05) is 0 Å². The molecule has 2 N–H and O–H groups in total. The Bertz CT molecular complexity index is 1130. The Morgan fingerprint density at radius 2 is 1.85 bits per heavy atom. The van der Waals surface area contributed by atoms with Crippen LogP contribution in [0.4, 0.5) is 17.6 Å². The van der Waals surface area contributed by atoms with Crippen LogP contribution in [-0.2, 0) is 22.1 Å². The molecule has 1 aliphatic carbocycles. The molecule has 0 bridgehead atoms. The summed E-state index contributed by atoms with van der Waals surface area (Å²) >= 11 is 0. The highest BCUT2D eigenvalue weighted by Crippen LogP contribution is 2.37. The average Bonchev–Trinajstić information content (AvgIpc) is 3.59. The minimum absolute atomic E-state index is 0.129. The standard InChI is InChI=1S/C23H20F4N2O4/c24-17-3-1-2-16(23(25,26)27)18(17)21(31)29-9-8-13-10-14(22(32)33-11-12-4-5-12)6-7-15(13)19(29)20(28)30/h1-3,6-7,10,12,19H,4-5,8-9,11H2,(H2,28,30). The van der Waals surface area contributed by atoms with Gasteiger partial charge in [0.05, 0.1) is 23.3 Å². The lowest BCUT2D eigenvalue weighted by molar-refractivity contribution is -0.138. The molecule has 174 valence electrons. The van der Waals surface area contributed by atoms with Crippen LogP contribution in [0.5, 0.6) is 0 Å². The molecule has 2 aliphatic rings. The number of primary amides is 1. The van der Waals surface area contributed by atoms with Crippen LogP contribution in [0.3, 0.4) is 0 Å². The van der Waals surface area contributed by atoms with Gasteiger partial charge in [-0.15, -0.1) is 0 Å². The summed E-state index contributed by atoms with van der Waals surface area (Å²) in [4.78, 5) is 38.4. The van der Waals surface area contributed by atoms with Crippen LogP contribution < -0.4 is 5.73 Å². The van der Waals surface area contributed by atoms with Gasteiger partial charge in [-0.25, -0.2) is 9.18 Å². The van der Waals surface area contributed by atoms with Crippen molar-refractivity contribution in [1.82, 2.24) is 4.90 Å². The number of esters is 1. The highest BCUT2D eigenvalue weighted by Gasteiger charge is 2.41. The minimum Gasteiger partial charge on any atom is -0.462 e. The monoisotopic (exact) mass is 464 g/mol. The molecule has 6 nitrogen and oxygen atoms in total. The second-order valence-corrected chi connectivity index (χ2v) is 8.17. The molecule has 1 heterocycles. The Morgan fingerprint density at radius 3 is 2.48 bits per heavy atom. The minimum atomic E-state index is -4.97. The van der Waals surface area contributed by atoms with E-state index in [4.69, 9.17) is 10.5 Å². The Hall–Kier alpha value is -3.43. The molecule has 1 atom stereocenters. The maximum Gasteiger partial charge on any atom is 0.417 e. The van der Waals surface area contributed by atoms with E-state index in [0.29, 0.717) is 24.2 Å². The van der Waals surface area contributed by atoms with Gasteiger partial charge in [-0.05, 0) is 60.6 Å². The zero-order chi connectivity index (χ0) is 23.9. The molecule has 2 aromatic rings. The molecular weight excluding hydrogens is 444 g/mol. The van der Waals surface area contributed by atoms with Crippen LogP contribution in [0.25, 0.3) is 0 Å². The fourth-order valence-electron chi connectivity index (χ4n) is 3.96. The summed E-state index contributed by atoms with van der Waals surface area (Å²) in [5.74, 6) is -3.77. The number of fused-ring (bicyclic) bond motifs is 1. The summed E-state index contributed by atoms with van der Waals surface area (Å²) < 4.78 is 59.9. The Balaban J connectivity index is 1.66. The molecule has 0 radical (unpaired) electrons. The largest absolute Gasteiger partial charge is 0.462 e. The summed E-state index contributed by atoms with van der Waals surface area (Å²) in [5, 5.41) is 0. The molecule has 4 rings (SSSR count). The number of hydrogen-bond donors (Lipinski definition) is 1. The van der Waals surface area contributed by atoms with E-state index in [2.05, 4.69) is 0 Å². The van der Waals surface area contributed by atoms with Crippen LogP contribution in [-0.4, -0.2) is 35.8 Å². The molecule has 10 heteroatoms. The Morgan fingerprint density at radius 1 is 1.12 bits per heavy atom. The van der Waals surface area contributed by atoms with Gasteiger partial charge in [-0.2, -0.15) is 13.2 Å². The van der Waals surface area contributed by atoms with Crippen LogP contribution in [0.2, 0.25) is 0 Å². The quantitative estimate of drug-likeness (QED) is 0.541. The number of hydrogen-bond acceptors (Lipinski definition) is 4. The number of amides is 2. The maximum atomic E-state index is 14.4. The predicted octanol–water partition coefficient (Wildman–Crippen LogP) is 3.64. The van der Waals surface area contributed by atoms with Crippen molar-refractivity contribution in [1.29, 1.82) is 0 Å². The highest BCUT2D eigenvalue weighted by atomic mass is 19.4. The van der Waals surface area contributed by atoms with Crippen LogP contribution in [0.15, 0.2) is 36.4 Å². The van der Waals surface area contributed by atoms with E-state index >= 15 is 0 Å². The zero-order valence-corrected chi connectivity index (χ0v) is 17.3. The van der Waals surface area contributed by atoms with Gasteiger partial charge < -0.3 is 15.4 Å². The number of benzene rings is 2. The molecule has 0 spiro atoms. The number of carbonyl (C=O) groups is 3. The second-order valence-electron chi connectivity index (χ2n) is 8.17. The molecule has 1 aliphatic heterocycles. The predicted molar refractivity (Wildman–Crippen MR) is 108 cm³/mol. The number of rotatable bonds is 5. The first-order valence-corrected chi connectivity index (χ1v) is 10.3. The van der Waals surface area contributed by atoms with Crippen LogP contribution >= 0.6 is 0 Å². The van der Waals surface area contributed by atoms with Gasteiger partial charge in [0.1, 0.15) is 11.9 Å². The number of carbonyl (C=O) groups excluding carboxylic acids is 3. The summed E-state index contributed by atoms with van der Waals surface area (Å²) in [6, 6.07) is 5.14. The average molecular weight is 464 g/mol. The van der Waals surface area contributed by atoms with Gasteiger partial charge in [0.15, 0.2) is 0 Å². The molecule has 33 heavy (non-hydrogen) atoms. The van der Waals surface area contributed by atoms with E-state index in [-0.39, 0.29) is 24.1 Å². The molecular formula is C23H20F4N2O4. The van der Waals surface area contributed by atoms with E-state index in [9.17, 15) is 31.9 Å². The lowest BCUT2D eigenvalue weighted by atomic mass is 9.89. The van der Waals surface area contributed by atoms with Gasteiger partial charge in [-0.3, -0.25) is 9.59 Å². The summed E-state index contributed by atoms with van der Waals surface area (Å²) in [6.07, 6.45) is -2.82. The number of halogens is 4. The van der Waals surface area contributed by atoms with Gasteiger partial charge in [0.25, 0.3) is 5.91 Å². The van der Waals surface area contributed by atoms with Crippen LogP contribution in [0, 0.1) is 11.7 Å². The number of alkyl halides is 3. The molecule has 2 amide bonds. The van der Waals surface area contributed by atoms with Crippen molar-refractivity contribution in [2.75, 3.05) is 13.2 Å². The van der Waals surface area contributed by atoms with Gasteiger partial charge in [0, 0.05) is 6.54 Å². The molecule has 2 aromatic carbocycles. The van der Waals surface area contributed by atoms with E-state index in [0.717, 1.165) is 29.9 Å². The van der Waals surface area contributed by atoms with Crippen molar-refractivity contribution in [2.45, 2.75) is 31.5 Å². The molecule has 0 saturated heterocycles. The lowest BCUT2D eigenvalue weighted by Crippen LogP contribution is -2.46. The third-order valence-corrected chi connectivity index (χ3v) is 5.82. The first-order chi connectivity index (χ1) is 15.6. The fourth-order valence-corrected chi connectivity index (χ4v) is 3.96. The Labute approximate surface area is 186 Å². The molecule has 1 fully saturated rings. The highest BCUT2D eigenvalue weighted by molar-refractivity contribution is 6.00.